The topological polar surface area (TPSA) is 91.6 Å². The number of hydrogen-bond donors (Lipinski definition) is 1. The molecular weight excluding hydrogens is 318 g/mol. The smallest absolute Gasteiger partial charge is 0.236 e. The van der Waals surface area contributed by atoms with E-state index >= 15 is 0 Å². The quantitative estimate of drug-likeness (QED) is 0.846. The van der Waals surface area contributed by atoms with E-state index in [1.54, 1.807) is 6.07 Å². The van der Waals surface area contributed by atoms with Gasteiger partial charge >= 0.3 is 0 Å². The number of amides is 1. The van der Waals surface area contributed by atoms with Crippen LogP contribution in [0.15, 0.2) is 17.2 Å². The van der Waals surface area contributed by atoms with Crippen molar-refractivity contribution >= 4 is 34.1 Å². The second kappa shape index (κ2) is 7.33. The molecule has 0 aliphatic heterocycles. The molecule has 0 saturated heterocycles. The van der Waals surface area contributed by atoms with E-state index in [-0.39, 0.29) is 17.6 Å². The molecule has 8 heteroatoms. The monoisotopic (exact) mass is 333 g/mol. The average Bonchev–Trinajstić information content (AvgIpc) is 2.89. The molecule has 1 N–H and O–H groups in total. The first-order valence-corrected chi connectivity index (χ1v) is 8.43. The number of nitrogens with one attached hydrogen (secondary N) is 1. The summed E-state index contributed by atoms with van der Waals surface area (Å²) in [5, 5.41) is 21.3. The molecule has 22 heavy (non-hydrogen) atoms. The van der Waals surface area contributed by atoms with E-state index < -0.39 is 0 Å². The molecule has 0 bridgehead atoms. The minimum Gasteiger partial charge on any atom is -0.300 e. The van der Waals surface area contributed by atoms with Crippen molar-refractivity contribution in [2.24, 2.45) is 0 Å². The van der Waals surface area contributed by atoms with E-state index in [9.17, 15) is 4.79 Å². The lowest BCUT2D eigenvalue weighted by atomic mass is 10.1. The normalized spacial score (nSPS) is 10.5. The molecule has 2 heterocycles. The predicted molar refractivity (Wildman–Crippen MR) is 87.0 cm³/mol. The maximum absolute atomic E-state index is 11.9. The Bertz CT molecular complexity index is 720. The van der Waals surface area contributed by atoms with Gasteiger partial charge in [0.05, 0.1) is 11.3 Å². The molecule has 2 aromatic heterocycles. The van der Waals surface area contributed by atoms with Gasteiger partial charge in [-0.05, 0) is 25.0 Å². The molecule has 1 amide bonds. The van der Waals surface area contributed by atoms with Gasteiger partial charge in [0.2, 0.25) is 11.0 Å². The minimum atomic E-state index is -0.193. The number of pyridine rings is 1. The molecule has 0 fully saturated rings. The highest BCUT2D eigenvalue weighted by molar-refractivity contribution is 8.00. The highest BCUT2D eigenvalue weighted by Gasteiger charge is 2.12. The summed E-state index contributed by atoms with van der Waals surface area (Å²) in [5.74, 6) is 0.245. The van der Waals surface area contributed by atoms with Crippen molar-refractivity contribution < 1.29 is 4.79 Å². The van der Waals surface area contributed by atoms with Gasteiger partial charge in [-0.1, -0.05) is 36.9 Å². The number of aryl methyl sites for hydroxylation is 1. The van der Waals surface area contributed by atoms with Crippen LogP contribution in [-0.2, 0) is 4.79 Å². The Balaban J connectivity index is 2.02. The number of anilines is 1. The van der Waals surface area contributed by atoms with Crippen LogP contribution in [0.1, 0.15) is 36.0 Å². The van der Waals surface area contributed by atoms with Crippen LogP contribution in [0.4, 0.5) is 5.13 Å². The van der Waals surface area contributed by atoms with Crippen molar-refractivity contribution in [1.29, 1.82) is 5.26 Å². The van der Waals surface area contributed by atoms with Gasteiger partial charge in [-0.25, -0.2) is 4.98 Å². The Morgan fingerprint density at radius 3 is 2.82 bits per heavy atom. The van der Waals surface area contributed by atoms with Gasteiger partial charge < -0.3 is 0 Å². The summed E-state index contributed by atoms with van der Waals surface area (Å²) in [6.07, 6.45) is 0. The molecule has 0 aliphatic rings. The van der Waals surface area contributed by atoms with Crippen LogP contribution in [0.5, 0.6) is 0 Å². The zero-order valence-corrected chi connectivity index (χ0v) is 14.1. The van der Waals surface area contributed by atoms with Gasteiger partial charge in [-0.2, -0.15) is 5.26 Å². The predicted octanol–water partition coefficient (Wildman–Crippen LogP) is 2.97. The van der Waals surface area contributed by atoms with Crippen molar-refractivity contribution in [1.82, 2.24) is 15.2 Å². The molecule has 0 spiro atoms. The fourth-order valence-electron chi connectivity index (χ4n) is 1.61. The second-order valence-electron chi connectivity index (χ2n) is 4.82. The zero-order chi connectivity index (χ0) is 16.1. The van der Waals surface area contributed by atoms with Gasteiger partial charge in [0.15, 0.2) is 0 Å². The van der Waals surface area contributed by atoms with Crippen molar-refractivity contribution in [2.75, 3.05) is 11.1 Å². The highest BCUT2D eigenvalue weighted by atomic mass is 32.2. The first-order chi connectivity index (χ1) is 10.5. The minimum absolute atomic E-state index is 0.169. The number of carbonyl (C=O) groups excluding carboxylic acids is 1. The summed E-state index contributed by atoms with van der Waals surface area (Å²) in [6.45, 7) is 5.89. The summed E-state index contributed by atoms with van der Waals surface area (Å²) < 4.78 is 0. The number of aromatic nitrogens is 3. The van der Waals surface area contributed by atoms with E-state index in [4.69, 9.17) is 5.26 Å². The van der Waals surface area contributed by atoms with Crippen LogP contribution in [0.25, 0.3) is 0 Å². The van der Waals surface area contributed by atoms with E-state index in [0.29, 0.717) is 15.7 Å². The Kier molecular flexibility index (Phi) is 5.46. The van der Waals surface area contributed by atoms with Gasteiger partial charge in [0, 0.05) is 5.69 Å². The van der Waals surface area contributed by atoms with Crippen molar-refractivity contribution in [3.05, 3.63) is 28.4 Å². The lowest BCUT2D eigenvalue weighted by Crippen LogP contribution is -2.14. The van der Waals surface area contributed by atoms with Crippen LogP contribution in [0.2, 0.25) is 0 Å². The van der Waals surface area contributed by atoms with Gasteiger partial charge in [0.25, 0.3) is 0 Å². The molecule has 0 aliphatic carbocycles. The van der Waals surface area contributed by atoms with Gasteiger partial charge in [-0.3, -0.25) is 10.1 Å². The summed E-state index contributed by atoms with van der Waals surface area (Å²) in [4.78, 5) is 16.4. The van der Waals surface area contributed by atoms with E-state index in [2.05, 4.69) is 26.6 Å². The van der Waals surface area contributed by atoms with Crippen molar-refractivity contribution in [2.45, 2.75) is 31.7 Å². The van der Waals surface area contributed by atoms with Crippen LogP contribution in [0, 0.1) is 18.3 Å². The van der Waals surface area contributed by atoms with Gasteiger partial charge in [-0.15, -0.1) is 10.2 Å². The van der Waals surface area contributed by atoms with E-state index in [1.165, 1.54) is 23.1 Å². The fourth-order valence-corrected chi connectivity index (χ4v) is 2.99. The van der Waals surface area contributed by atoms with Crippen LogP contribution < -0.4 is 5.32 Å². The maximum atomic E-state index is 11.9. The Morgan fingerprint density at radius 1 is 1.45 bits per heavy atom. The summed E-state index contributed by atoms with van der Waals surface area (Å²) in [6, 6.07) is 5.69. The number of thioether (sulfide) groups is 1. The number of nitriles is 1. The number of rotatable bonds is 5. The number of hydrogen-bond acceptors (Lipinski definition) is 7. The Morgan fingerprint density at radius 2 is 2.23 bits per heavy atom. The fraction of sp³-hybridized carbons (Fsp3) is 0.357. The maximum Gasteiger partial charge on any atom is 0.236 e. The number of nitrogens with zero attached hydrogens (tertiary/aromatic N) is 4. The molecule has 114 valence electrons. The summed E-state index contributed by atoms with van der Waals surface area (Å²) >= 11 is 2.57. The second-order valence-corrected chi connectivity index (χ2v) is 6.96. The first-order valence-electron chi connectivity index (χ1n) is 6.63. The SMILES string of the molecule is Cc1nnc(NC(=O)CSc2nc(C(C)C)ccc2C#N)s1. The zero-order valence-electron chi connectivity index (χ0n) is 12.5. The molecule has 0 saturated carbocycles. The van der Waals surface area contributed by atoms with Crippen molar-refractivity contribution in [3.8, 4) is 6.07 Å². The molecule has 2 aromatic rings. The third kappa shape index (κ3) is 4.26. The standard InChI is InChI=1S/C14H15N5OS2/c1-8(2)11-5-4-10(6-15)13(16-11)21-7-12(20)17-14-19-18-9(3)22-14/h4-5,8H,7H2,1-3H3,(H,17,19,20). The molecular formula is C14H15N5OS2. The molecule has 0 atom stereocenters. The lowest BCUT2D eigenvalue weighted by molar-refractivity contribution is -0.113. The summed E-state index contributed by atoms with van der Waals surface area (Å²) in [5.41, 5.74) is 1.38. The first kappa shape index (κ1) is 16.4. The summed E-state index contributed by atoms with van der Waals surface area (Å²) in [7, 11) is 0. The average molecular weight is 333 g/mol. The van der Waals surface area contributed by atoms with Crippen LogP contribution in [0.3, 0.4) is 0 Å². The molecule has 0 unspecified atom stereocenters. The molecule has 6 nitrogen and oxygen atoms in total. The highest BCUT2D eigenvalue weighted by Crippen LogP contribution is 2.23. The van der Waals surface area contributed by atoms with Gasteiger partial charge in [0.1, 0.15) is 16.1 Å². The Hall–Kier alpha value is -1.98. The third-order valence-corrected chi connectivity index (χ3v) is 4.45. The largest absolute Gasteiger partial charge is 0.300 e. The lowest BCUT2D eigenvalue weighted by Gasteiger charge is -2.08. The molecule has 0 aromatic carbocycles. The van der Waals surface area contributed by atoms with Crippen LogP contribution >= 0.6 is 23.1 Å². The van der Waals surface area contributed by atoms with E-state index in [1.807, 2.05) is 26.8 Å². The van der Waals surface area contributed by atoms with Crippen LogP contribution in [-0.4, -0.2) is 26.8 Å². The molecule has 2 rings (SSSR count). The van der Waals surface area contributed by atoms with Crippen molar-refractivity contribution in [3.63, 3.8) is 0 Å². The number of carbonyl (C=O) groups is 1. The Labute approximate surface area is 137 Å². The molecule has 0 radical (unpaired) electrons. The van der Waals surface area contributed by atoms with E-state index in [0.717, 1.165) is 10.7 Å². The third-order valence-electron chi connectivity index (χ3n) is 2.71.